The van der Waals surface area contributed by atoms with E-state index in [-0.39, 0.29) is 36.0 Å². The Kier molecular flexibility index (Phi) is 7.36. The molecule has 4 aromatic rings. The normalized spacial score (nSPS) is 15.9. The molecule has 0 unspecified atom stereocenters. The number of H-pyrrole nitrogens is 1. The van der Waals surface area contributed by atoms with Crippen molar-refractivity contribution in [3.8, 4) is 0 Å². The second-order valence-corrected chi connectivity index (χ2v) is 10.5. The Bertz CT molecular complexity index is 1500. The summed E-state index contributed by atoms with van der Waals surface area (Å²) < 4.78 is 27.8. The molecule has 0 bridgehead atoms. The van der Waals surface area contributed by atoms with Crippen LogP contribution >= 0.6 is 15.9 Å². The minimum atomic E-state index is -0.917. The van der Waals surface area contributed by atoms with Crippen molar-refractivity contribution in [1.82, 2.24) is 14.8 Å². The highest BCUT2D eigenvalue weighted by Crippen LogP contribution is 2.36. The summed E-state index contributed by atoms with van der Waals surface area (Å²) in [5, 5.41) is 18.7. The number of pyridine rings is 1. The number of hydrogen-bond acceptors (Lipinski definition) is 6. The summed E-state index contributed by atoms with van der Waals surface area (Å²) in [4.78, 5) is 21.4. The molecule has 1 saturated heterocycles. The lowest BCUT2D eigenvalue weighted by Crippen LogP contribution is -2.41. The Morgan fingerprint density at radius 3 is 2.51 bits per heavy atom. The van der Waals surface area contributed by atoms with Gasteiger partial charge in [-0.1, -0.05) is 24.3 Å². The first kappa shape index (κ1) is 26.7. The van der Waals surface area contributed by atoms with E-state index in [0.29, 0.717) is 4.47 Å². The van der Waals surface area contributed by atoms with Crippen molar-refractivity contribution in [3.63, 3.8) is 0 Å². The molecule has 1 aliphatic rings. The summed E-state index contributed by atoms with van der Waals surface area (Å²) in [6.07, 6.45) is 3.31. The molecule has 1 aliphatic heterocycles. The van der Waals surface area contributed by atoms with Crippen LogP contribution in [-0.4, -0.2) is 38.0 Å². The van der Waals surface area contributed by atoms with Crippen molar-refractivity contribution < 1.29 is 18.6 Å². The zero-order chi connectivity index (χ0) is 27.0. The fraction of sp³-hybridized carbons (Fsp3) is 0.280. The van der Waals surface area contributed by atoms with Gasteiger partial charge >= 0.3 is 12.8 Å². The monoisotopic (exact) mass is 570 g/mol. The summed E-state index contributed by atoms with van der Waals surface area (Å²) in [5.41, 5.74) is 0.595. The van der Waals surface area contributed by atoms with E-state index >= 15 is 0 Å². The number of aromatic amines is 1. The van der Waals surface area contributed by atoms with Crippen LogP contribution < -0.4 is 11.0 Å². The van der Waals surface area contributed by atoms with Crippen LogP contribution in [-0.2, 0) is 15.9 Å². The second kappa shape index (κ2) is 10.2. The number of nitro benzene ring substituents is 1. The molecule has 0 aliphatic carbocycles. The molecule has 5 rings (SSSR count). The number of nitro groups is 1. The quantitative estimate of drug-likeness (QED) is 0.218. The summed E-state index contributed by atoms with van der Waals surface area (Å²) in [6, 6.07) is 12.9. The Morgan fingerprint density at radius 2 is 1.84 bits per heavy atom. The van der Waals surface area contributed by atoms with Gasteiger partial charge in [-0.25, -0.2) is 0 Å². The third-order valence-corrected chi connectivity index (χ3v) is 7.00. The molecule has 192 valence electrons. The highest BCUT2D eigenvalue weighted by atomic mass is 79.9. The summed E-state index contributed by atoms with van der Waals surface area (Å²) >= 11 is 3.20. The lowest BCUT2D eigenvalue weighted by molar-refractivity contribution is -0.387. The zero-order valence-electron chi connectivity index (χ0n) is 20.7. The van der Waals surface area contributed by atoms with Gasteiger partial charge in [-0.3, -0.25) is 20.0 Å². The maximum Gasteiger partial charge on any atom is 0.494 e. The van der Waals surface area contributed by atoms with Crippen molar-refractivity contribution in [1.29, 1.82) is 0 Å². The van der Waals surface area contributed by atoms with Gasteiger partial charge in [0.2, 0.25) is 5.82 Å². The maximum absolute atomic E-state index is 13.9. The van der Waals surface area contributed by atoms with E-state index in [9.17, 15) is 19.3 Å². The predicted molar refractivity (Wildman–Crippen MR) is 142 cm³/mol. The average Bonchev–Trinajstić information content (AvgIpc) is 3.38. The number of fused-ring (bicyclic) bond motifs is 1. The fourth-order valence-corrected chi connectivity index (χ4v) is 4.10. The molecule has 2 aromatic heterocycles. The van der Waals surface area contributed by atoms with Crippen LogP contribution in [0.25, 0.3) is 10.9 Å². The van der Waals surface area contributed by atoms with Gasteiger partial charge in [-0.2, -0.15) is 9.49 Å². The molecule has 1 fully saturated rings. The minimum absolute atomic E-state index is 0.0637. The van der Waals surface area contributed by atoms with E-state index in [1.807, 2.05) is 24.4 Å². The Hall–Kier alpha value is -3.35. The molecule has 37 heavy (non-hydrogen) atoms. The Morgan fingerprint density at radius 1 is 1.14 bits per heavy atom. The number of halogens is 2. The molecule has 9 nitrogen and oxygen atoms in total. The van der Waals surface area contributed by atoms with Crippen LogP contribution in [0.15, 0.2) is 70.2 Å². The van der Waals surface area contributed by atoms with Crippen LogP contribution in [0.4, 0.5) is 10.1 Å². The van der Waals surface area contributed by atoms with Crippen molar-refractivity contribution >= 4 is 45.1 Å². The molecule has 0 atom stereocenters. The Labute approximate surface area is 221 Å². The molecule has 12 heteroatoms. The van der Waals surface area contributed by atoms with Gasteiger partial charge < -0.3 is 13.9 Å². The van der Waals surface area contributed by atoms with Gasteiger partial charge in [0.1, 0.15) is 0 Å². The van der Waals surface area contributed by atoms with Crippen LogP contribution in [0.2, 0.25) is 0 Å². The van der Waals surface area contributed by atoms with Gasteiger partial charge in [-0.05, 0) is 61.2 Å². The van der Waals surface area contributed by atoms with Crippen LogP contribution in [0.3, 0.4) is 0 Å². The number of benzene rings is 2. The van der Waals surface area contributed by atoms with Crippen molar-refractivity contribution in [2.75, 3.05) is 0 Å². The van der Waals surface area contributed by atoms with E-state index in [0.717, 1.165) is 22.4 Å². The molecular formula is C25H25BBrFN4O5. The van der Waals surface area contributed by atoms with Crippen LogP contribution in [0, 0.1) is 15.9 Å². The SMILES string of the molecule is CC1(C)OB(c2ccc3cn[nH]c3c2)OC1(C)C.O=c1ccc(Br)cn1Cc1cccc([N+](=O)[O-])c1F. The number of nitrogens with zero attached hydrogens (tertiary/aromatic N) is 3. The van der Waals surface area contributed by atoms with Crippen molar-refractivity contribution in [2.45, 2.75) is 45.4 Å². The maximum atomic E-state index is 13.9. The summed E-state index contributed by atoms with van der Waals surface area (Å²) in [7, 11) is -0.317. The molecule has 1 N–H and O–H groups in total. The smallest absolute Gasteiger partial charge is 0.399 e. The van der Waals surface area contributed by atoms with Gasteiger partial charge in [-0.15, -0.1) is 0 Å². The molecule has 0 amide bonds. The number of nitrogens with one attached hydrogen (secondary N) is 1. The van der Waals surface area contributed by atoms with E-state index in [2.05, 4.69) is 53.8 Å². The summed E-state index contributed by atoms with van der Waals surface area (Å²) in [5.74, 6) is -0.917. The number of hydrogen-bond donors (Lipinski definition) is 1. The molecule has 0 spiro atoms. The first-order valence-corrected chi connectivity index (χ1v) is 12.2. The van der Waals surface area contributed by atoms with E-state index in [4.69, 9.17) is 9.31 Å². The summed E-state index contributed by atoms with van der Waals surface area (Å²) in [6.45, 7) is 8.17. The van der Waals surface area contributed by atoms with E-state index in [1.165, 1.54) is 29.0 Å². The van der Waals surface area contributed by atoms with Gasteiger partial charge in [0, 0.05) is 33.8 Å². The van der Waals surface area contributed by atoms with Gasteiger partial charge in [0.15, 0.2) is 0 Å². The standard InChI is InChI=1S/C13H17BN2O2.C12H8BrFN2O3/c1-12(2)13(3,4)18-14(17-12)10-6-5-9-8-15-16-11(9)7-10;13-9-4-5-11(17)15(7-9)6-8-2-1-3-10(12(8)14)16(18)19/h5-8H,1-4H3,(H,15,16);1-5,7H,6H2. The highest BCUT2D eigenvalue weighted by molar-refractivity contribution is 9.10. The van der Waals surface area contributed by atoms with Crippen molar-refractivity contribution in [2.24, 2.45) is 0 Å². The van der Waals surface area contributed by atoms with Crippen LogP contribution in [0.5, 0.6) is 0 Å². The first-order chi connectivity index (χ1) is 17.4. The van der Waals surface area contributed by atoms with Crippen LogP contribution in [0.1, 0.15) is 33.3 Å². The third kappa shape index (κ3) is 5.66. The third-order valence-electron chi connectivity index (χ3n) is 6.53. The molecular weight excluding hydrogens is 546 g/mol. The molecule has 3 heterocycles. The van der Waals surface area contributed by atoms with Crippen molar-refractivity contribution in [3.05, 3.63) is 97.2 Å². The second-order valence-electron chi connectivity index (χ2n) is 9.63. The molecule has 0 saturated carbocycles. The number of aromatic nitrogens is 3. The number of rotatable bonds is 4. The average molecular weight is 571 g/mol. The molecule has 0 radical (unpaired) electrons. The van der Waals surface area contributed by atoms with Gasteiger partial charge in [0.05, 0.1) is 34.4 Å². The largest absolute Gasteiger partial charge is 0.494 e. The van der Waals surface area contributed by atoms with E-state index < -0.39 is 16.4 Å². The lowest BCUT2D eigenvalue weighted by atomic mass is 9.79. The molecule has 2 aromatic carbocycles. The fourth-order valence-electron chi connectivity index (χ4n) is 3.72. The highest BCUT2D eigenvalue weighted by Gasteiger charge is 2.51. The first-order valence-electron chi connectivity index (χ1n) is 11.4. The zero-order valence-corrected chi connectivity index (χ0v) is 22.3. The van der Waals surface area contributed by atoms with E-state index in [1.54, 1.807) is 6.07 Å². The Balaban J connectivity index is 0.000000173. The lowest BCUT2D eigenvalue weighted by Gasteiger charge is -2.32. The van der Waals surface area contributed by atoms with Gasteiger partial charge in [0.25, 0.3) is 5.56 Å². The minimum Gasteiger partial charge on any atom is -0.399 e. The topological polar surface area (TPSA) is 112 Å². The predicted octanol–water partition coefficient (Wildman–Crippen LogP) is 4.57.